The Morgan fingerprint density at radius 1 is 0.963 bits per heavy atom. The summed E-state index contributed by atoms with van der Waals surface area (Å²) >= 11 is 0. The number of aromatic nitrogens is 2. The summed E-state index contributed by atoms with van der Waals surface area (Å²) < 4.78 is 0. The molecule has 6 nitrogen and oxygen atoms in total. The number of hydrogen-bond donors (Lipinski definition) is 3. The van der Waals surface area contributed by atoms with Crippen molar-refractivity contribution in [3.63, 3.8) is 0 Å². The van der Waals surface area contributed by atoms with Gasteiger partial charge in [0.15, 0.2) is 0 Å². The Kier molecular flexibility index (Phi) is 4.74. The first-order chi connectivity index (χ1) is 12.6. The van der Waals surface area contributed by atoms with Crippen molar-refractivity contribution in [2.45, 2.75) is 39.2 Å². The molecule has 27 heavy (non-hydrogen) atoms. The molecule has 0 fully saturated rings. The number of hydrogen-bond acceptors (Lipinski definition) is 3. The van der Waals surface area contributed by atoms with Crippen molar-refractivity contribution in [2.75, 3.05) is 0 Å². The molecule has 0 aliphatic rings. The predicted octanol–water partition coefficient (Wildman–Crippen LogP) is 3.21. The molecule has 3 aromatic rings. The van der Waals surface area contributed by atoms with Crippen molar-refractivity contribution in [1.82, 2.24) is 15.3 Å². The minimum atomic E-state index is -0.659. The topological polar surface area (TPSA) is 94.8 Å². The highest BCUT2D eigenvalue weighted by molar-refractivity contribution is 6.42. The Morgan fingerprint density at radius 2 is 1.59 bits per heavy atom. The number of benzene rings is 2. The van der Waals surface area contributed by atoms with Gasteiger partial charge in [0.1, 0.15) is 0 Å². The van der Waals surface area contributed by atoms with Gasteiger partial charge in [-0.1, -0.05) is 51.1 Å². The van der Waals surface area contributed by atoms with Crippen LogP contribution in [0.2, 0.25) is 0 Å². The largest absolute Gasteiger partial charge is 0.343 e. The normalized spacial score (nSPS) is 12.7. The number of H-pyrrole nitrogens is 2. The molecule has 6 heteroatoms. The van der Waals surface area contributed by atoms with E-state index in [1.165, 1.54) is 0 Å². The molecule has 3 rings (SSSR count). The van der Waals surface area contributed by atoms with Crippen molar-refractivity contribution in [1.29, 1.82) is 0 Å². The summed E-state index contributed by atoms with van der Waals surface area (Å²) in [6.07, 6.45) is 0. The summed E-state index contributed by atoms with van der Waals surface area (Å²) in [6.45, 7) is 8.06. The average molecular weight is 365 g/mol. The molecule has 1 aromatic heterocycles. The molecule has 140 valence electrons. The van der Waals surface area contributed by atoms with E-state index in [1.807, 2.05) is 12.1 Å². The van der Waals surface area contributed by atoms with Crippen LogP contribution in [0, 0.1) is 0 Å². The molecular formula is C21H23N3O3. The SMILES string of the molecule is CC(NC(=O)C(=O)c1ccc(C(C)(C)C)cc1)c1ccc2[nH]c(=O)[nH]c2c1. The molecule has 0 saturated carbocycles. The van der Waals surface area contributed by atoms with E-state index in [2.05, 4.69) is 36.1 Å². The number of amides is 1. The second-order valence-corrected chi connectivity index (χ2v) is 7.74. The third-order valence-corrected chi connectivity index (χ3v) is 4.61. The first-order valence-corrected chi connectivity index (χ1v) is 8.83. The lowest BCUT2D eigenvalue weighted by molar-refractivity contribution is -0.117. The van der Waals surface area contributed by atoms with E-state index >= 15 is 0 Å². The average Bonchev–Trinajstić information content (AvgIpc) is 2.99. The summed E-state index contributed by atoms with van der Waals surface area (Å²) in [5.74, 6) is -1.23. The molecule has 2 aromatic carbocycles. The first kappa shape index (κ1) is 18.6. The Balaban J connectivity index is 1.73. The molecule has 0 saturated heterocycles. The number of Topliss-reactive ketones (excluding diaryl/α,β-unsaturated/α-hetero) is 1. The molecule has 3 N–H and O–H groups in total. The van der Waals surface area contributed by atoms with Crippen molar-refractivity contribution in [3.8, 4) is 0 Å². The monoisotopic (exact) mass is 365 g/mol. The van der Waals surface area contributed by atoms with E-state index in [9.17, 15) is 14.4 Å². The number of rotatable bonds is 4. The Bertz CT molecular complexity index is 1050. The molecule has 0 radical (unpaired) electrons. The van der Waals surface area contributed by atoms with Gasteiger partial charge >= 0.3 is 5.69 Å². The smallest absolute Gasteiger partial charge is 0.323 e. The molecule has 0 aliphatic carbocycles. The highest BCUT2D eigenvalue weighted by atomic mass is 16.2. The molecule has 1 unspecified atom stereocenters. The van der Waals surface area contributed by atoms with E-state index < -0.39 is 11.7 Å². The quantitative estimate of drug-likeness (QED) is 0.489. The number of aromatic amines is 2. The number of carbonyl (C=O) groups is 2. The van der Waals surface area contributed by atoms with Gasteiger partial charge in [-0.05, 0) is 35.6 Å². The highest BCUT2D eigenvalue weighted by Gasteiger charge is 2.20. The summed E-state index contributed by atoms with van der Waals surface area (Å²) in [4.78, 5) is 41.5. The van der Waals surface area contributed by atoms with E-state index in [0.717, 1.165) is 11.1 Å². The minimum Gasteiger partial charge on any atom is -0.343 e. The van der Waals surface area contributed by atoms with Crippen LogP contribution in [-0.4, -0.2) is 21.7 Å². The van der Waals surface area contributed by atoms with Gasteiger partial charge in [-0.25, -0.2) is 4.79 Å². The summed E-state index contributed by atoms with van der Waals surface area (Å²) in [7, 11) is 0. The number of imidazole rings is 1. The van der Waals surface area contributed by atoms with Crippen molar-refractivity contribution >= 4 is 22.7 Å². The van der Waals surface area contributed by atoms with Crippen LogP contribution in [0.3, 0.4) is 0 Å². The zero-order valence-corrected chi connectivity index (χ0v) is 15.8. The van der Waals surface area contributed by atoms with Crippen LogP contribution in [0.1, 0.15) is 55.2 Å². The molecule has 1 atom stereocenters. The van der Waals surface area contributed by atoms with Gasteiger partial charge in [0.25, 0.3) is 5.91 Å². The predicted molar refractivity (Wildman–Crippen MR) is 105 cm³/mol. The molecule has 1 heterocycles. The fourth-order valence-electron chi connectivity index (χ4n) is 2.92. The van der Waals surface area contributed by atoms with E-state index in [-0.39, 0.29) is 17.1 Å². The Labute approximate surface area is 157 Å². The number of nitrogens with one attached hydrogen (secondary N) is 3. The van der Waals surface area contributed by atoms with Gasteiger partial charge in [0.2, 0.25) is 5.78 Å². The maximum Gasteiger partial charge on any atom is 0.323 e. The zero-order chi connectivity index (χ0) is 19.8. The molecule has 0 aliphatic heterocycles. The van der Waals surface area contributed by atoms with Crippen LogP contribution in [0.5, 0.6) is 0 Å². The van der Waals surface area contributed by atoms with Crippen LogP contribution in [0.15, 0.2) is 47.3 Å². The van der Waals surface area contributed by atoms with Crippen LogP contribution >= 0.6 is 0 Å². The molecule has 0 spiro atoms. The molecular weight excluding hydrogens is 342 g/mol. The van der Waals surface area contributed by atoms with Crippen molar-refractivity contribution in [2.24, 2.45) is 0 Å². The summed E-state index contributed by atoms with van der Waals surface area (Å²) in [5, 5.41) is 2.72. The summed E-state index contributed by atoms with van der Waals surface area (Å²) in [6, 6.07) is 12.1. The van der Waals surface area contributed by atoms with Gasteiger partial charge < -0.3 is 15.3 Å². The second-order valence-electron chi connectivity index (χ2n) is 7.74. The fourth-order valence-corrected chi connectivity index (χ4v) is 2.92. The lowest BCUT2D eigenvalue weighted by Gasteiger charge is -2.19. The number of carbonyl (C=O) groups excluding carboxylic acids is 2. The third kappa shape index (κ3) is 4.00. The van der Waals surface area contributed by atoms with Crippen molar-refractivity contribution < 1.29 is 9.59 Å². The van der Waals surface area contributed by atoms with Gasteiger partial charge in [0.05, 0.1) is 17.1 Å². The van der Waals surface area contributed by atoms with E-state index in [0.29, 0.717) is 16.6 Å². The van der Waals surface area contributed by atoms with Gasteiger partial charge in [-0.2, -0.15) is 0 Å². The Hall–Kier alpha value is -3.15. The lowest BCUT2D eigenvalue weighted by atomic mass is 9.86. The van der Waals surface area contributed by atoms with Crippen LogP contribution < -0.4 is 11.0 Å². The molecule has 0 bridgehead atoms. The van der Waals surface area contributed by atoms with Crippen LogP contribution in [-0.2, 0) is 10.2 Å². The van der Waals surface area contributed by atoms with Gasteiger partial charge in [-0.15, -0.1) is 0 Å². The second kappa shape index (κ2) is 6.87. The first-order valence-electron chi connectivity index (χ1n) is 8.83. The zero-order valence-electron chi connectivity index (χ0n) is 15.8. The highest BCUT2D eigenvalue weighted by Crippen LogP contribution is 2.22. The van der Waals surface area contributed by atoms with Crippen LogP contribution in [0.4, 0.5) is 0 Å². The third-order valence-electron chi connectivity index (χ3n) is 4.61. The van der Waals surface area contributed by atoms with E-state index in [4.69, 9.17) is 0 Å². The standard InChI is InChI=1S/C21H23N3O3/c1-12(14-7-10-16-17(11-14)24-20(27)23-16)22-19(26)18(25)13-5-8-15(9-6-13)21(2,3)4/h5-12H,1-4H3,(H,22,26)(H2,23,24,27). The maximum absolute atomic E-state index is 12.4. The maximum atomic E-state index is 12.4. The summed E-state index contributed by atoms with van der Waals surface area (Å²) in [5.41, 5.74) is 3.30. The van der Waals surface area contributed by atoms with E-state index in [1.54, 1.807) is 37.3 Å². The Morgan fingerprint density at radius 3 is 2.22 bits per heavy atom. The molecule has 1 amide bonds. The van der Waals surface area contributed by atoms with Crippen molar-refractivity contribution in [3.05, 3.63) is 69.6 Å². The lowest BCUT2D eigenvalue weighted by Crippen LogP contribution is -2.33. The minimum absolute atomic E-state index is 0.0177. The van der Waals surface area contributed by atoms with Gasteiger partial charge in [-0.3, -0.25) is 9.59 Å². The van der Waals surface area contributed by atoms with Crippen LogP contribution in [0.25, 0.3) is 11.0 Å². The number of ketones is 1. The fraction of sp³-hybridized carbons (Fsp3) is 0.286. The number of fused-ring (bicyclic) bond motifs is 1. The van der Waals surface area contributed by atoms with Gasteiger partial charge in [0, 0.05) is 5.56 Å².